The number of benzene rings is 2. The van der Waals surface area contributed by atoms with Crippen molar-refractivity contribution in [2.45, 2.75) is 37.4 Å². The van der Waals surface area contributed by atoms with Crippen LogP contribution in [0.3, 0.4) is 0 Å². The van der Waals surface area contributed by atoms with E-state index >= 15 is 0 Å². The Labute approximate surface area is 238 Å². The normalized spacial score (nSPS) is 23.4. The number of fused-ring (bicyclic) bond motifs is 4. The average Bonchev–Trinajstić information content (AvgIpc) is 3.55. The smallest absolute Gasteiger partial charge is 0.335 e. The fraction of sp³-hybridized carbons (Fsp3) is 0.320. The van der Waals surface area contributed by atoms with Crippen LogP contribution in [0.15, 0.2) is 48.8 Å². The summed E-state index contributed by atoms with van der Waals surface area (Å²) in [6.45, 7) is 0. The van der Waals surface area contributed by atoms with Crippen LogP contribution in [0.5, 0.6) is 0 Å². The summed E-state index contributed by atoms with van der Waals surface area (Å²) in [6.07, 6.45) is -3.69. The molecule has 1 fully saturated rings. The molecule has 41 heavy (non-hydrogen) atoms. The van der Waals surface area contributed by atoms with Gasteiger partial charge in [0, 0.05) is 11.8 Å². The predicted molar refractivity (Wildman–Crippen MR) is 150 cm³/mol. The Hall–Kier alpha value is -2.70. The third kappa shape index (κ3) is 5.70. The average molecular weight is 622 g/mol. The highest BCUT2D eigenvalue weighted by atomic mass is 35.5. The number of aromatic nitrogens is 4. The SMILES string of the molecule is O=P(O)(O)CP(=O)(O)CC[C@H]1O[C@@H](n2cnc3c(Nc4ccc5c(c4)-c4ccccc4C5)nc(Cl)nc32)[C@@H](O)C1O. The second kappa shape index (κ2) is 10.5. The number of nitrogens with one attached hydrogen (secondary N) is 1. The quantitative estimate of drug-likeness (QED) is 0.109. The highest BCUT2D eigenvalue weighted by Crippen LogP contribution is 2.55. The summed E-state index contributed by atoms with van der Waals surface area (Å²) in [5, 5.41) is 24.5. The maximum atomic E-state index is 12.2. The maximum absolute atomic E-state index is 12.2. The van der Waals surface area contributed by atoms with Crippen LogP contribution in [0.2, 0.25) is 5.28 Å². The van der Waals surface area contributed by atoms with E-state index in [0.29, 0.717) is 11.3 Å². The van der Waals surface area contributed by atoms with Crippen LogP contribution in [-0.4, -0.2) is 74.8 Å². The molecule has 6 rings (SSSR count). The van der Waals surface area contributed by atoms with Crippen molar-refractivity contribution < 1.29 is 38.8 Å². The molecule has 0 amide bonds. The molecular weight excluding hydrogens is 596 g/mol. The molecule has 6 N–H and O–H groups in total. The zero-order chi connectivity index (χ0) is 29.1. The number of aliphatic hydroxyl groups excluding tert-OH is 2. The summed E-state index contributed by atoms with van der Waals surface area (Å²) in [4.78, 5) is 41.0. The summed E-state index contributed by atoms with van der Waals surface area (Å²) in [5.41, 5.74) is 6.04. The molecule has 5 atom stereocenters. The Morgan fingerprint density at radius 3 is 2.56 bits per heavy atom. The molecule has 4 aromatic rings. The van der Waals surface area contributed by atoms with Crippen molar-refractivity contribution in [3.8, 4) is 11.1 Å². The summed E-state index contributed by atoms with van der Waals surface area (Å²) in [5.74, 6) is -0.865. The van der Waals surface area contributed by atoms with Gasteiger partial charge in [0.2, 0.25) is 12.7 Å². The molecule has 1 saturated heterocycles. The molecule has 2 aliphatic rings. The lowest BCUT2D eigenvalue weighted by Crippen LogP contribution is -2.32. The van der Waals surface area contributed by atoms with Crippen LogP contribution in [0.1, 0.15) is 23.8 Å². The van der Waals surface area contributed by atoms with E-state index < -0.39 is 51.6 Å². The summed E-state index contributed by atoms with van der Waals surface area (Å²) in [6, 6.07) is 14.2. The molecular formula is C25H26ClN5O8P2. The Balaban J connectivity index is 1.24. The maximum Gasteiger partial charge on any atom is 0.335 e. The third-order valence-corrected chi connectivity index (χ3v) is 11.6. The second-order valence-electron chi connectivity index (χ2n) is 10.2. The topological polar surface area (TPSA) is 200 Å². The number of aliphatic hydroxyl groups is 2. The molecule has 0 radical (unpaired) electrons. The van der Waals surface area contributed by atoms with Crippen LogP contribution in [0.25, 0.3) is 22.3 Å². The zero-order valence-electron chi connectivity index (χ0n) is 21.3. The molecule has 2 aromatic heterocycles. The molecule has 3 heterocycles. The van der Waals surface area contributed by atoms with Crippen LogP contribution in [-0.2, 0) is 20.3 Å². The van der Waals surface area contributed by atoms with E-state index in [-0.39, 0.29) is 17.4 Å². The van der Waals surface area contributed by atoms with E-state index in [1.54, 1.807) is 0 Å². The first-order valence-electron chi connectivity index (χ1n) is 12.6. The van der Waals surface area contributed by atoms with E-state index in [9.17, 15) is 24.2 Å². The predicted octanol–water partition coefficient (Wildman–Crippen LogP) is 3.21. The van der Waals surface area contributed by atoms with Gasteiger partial charge in [0.05, 0.1) is 12.4 Å². The van der Waals surface area contributed by atoms with Crippen molar-refractivity contribution in [1.82, 2.24) is 19.5 Å². The number of halogens is 1. The van der Waals surface area contributed by atoms with Gasteiger partial charge in [-0.2, -0.15) is 9.97 Å². The molecule has 2 aromatic carbocycles. The van der Waals surface area contributed by atoms with Gasteiger partial charge < -0.3 is 34.9 Å². The van der Waals surface area contributed by atoms with Gasteiger partial charge in [-0.25, -0.2) is 4.98 Å². The largest absolute Gasteiger partial charge is 0.388 e. The van der Waals surface area contributed by atoms with Crippen LogP contribution in [0, 0.1) is 0 Å². The number of ether oxygens (including phenoxy) is 1. The van der Waals surface area contributed by atoms with Crippen molar-refractivity contribution in [3.05, 3.63) is 65.2 Å². The van der Waals surface area contributed by atoms with Gasteiger partial charge in [0.25, 0.3) is 0 Å². The van der Waals surface area contributed by atoms with E-state index in [2.05, 4.69) is 32.4 Å². The van der Waals surface area contributed by atoms with E-state index in [4.69, 9.17) is 26.1 Å². The zero-order valence-corrected chi connectivity index (χ0v) is 23.8. The highest BCUT2D eigenvalue weighted by Gasteiger charge is 2.45. The molecule has 0 spiro atoms. The number of imidazole rings is 1. The van der Waals surface area contributed by atoms with E-state index in [1.165, 1.54) is 27.6 Å². The fourth-order valence-corrected chi connectivity index (χ4v) is 9.08. The highest BCUT2D eigenvalue weighted by molar-refractivity contribution is 7.72. The number of hydrogen-bond acceptors (Lipinski definition) is 9. The minimum absolute atomic E-state index is 0.100. The molecule has 0 saturated carbocycles. The Kier molecular flexibility index (Phi) is 7.30. The Morgan fingerprint density at radius 2 is 1.78 bits per heavy atom. The molecule has 2 unspecified atom stereocenters. The summed E-state index contributed by atoms with van der Waals surface area (Å²) in [7, 11) is -8.92. The third-order valence-electron chi connectivity index (χ3n) is 7.23. The molecule has 13 nitrogen and oxygen atoms in total. The lowest BCUT2D eigenvalue weighted by molar-refractivity contribution is -0.0354. The van der Waals surface area contributed by atoms with Gasteiger partial charge in [-0.05, 0) is 58.8 Å². The Morgan fingerprint density at radius 1 is 1.02 bits per heavy atom. The van der Waals surface area contributed by atoms with E-state index in [0.717, 1.165) is 17.7 Å². The van der Waals surface area contributed by atoms with Gasteiger partial charge in [0.1, 0.15) is 18.1 Å². The number of rotatable bonds is 8. The first-order valence-corrected chi connectivity index (χ1v) is 16.8. The minimum atomic E-state index is -4.72. The van der Waals surface area contributed by atoms with Crippen molar-refractivity contribution >= 4 is 49.2 Å². The number of nitrogens with zero attached hydrogens (tertiary/aromatic N) is 4. The van der Waals surface area contributed by atoms with Crippen molar-refractivity contribution in [2.24, 2.45) is 0 Å². The van der Waals surface area contributed by atoms with Crippen LogP contribution in [0.4, 0.5) is 11.5 Å². The van der Waals surface area contributed by atoms with Gasteiger partial charge in [-0.3, -0.25) is 13.7 Å². The van der Waals surface area contributed by atoms with Crippen LogP contribution >= 0.6 is 26.6 Å². The lowest BCUT2D eigenvalue weighted by atomic mass is 10.1. The molecule has 1 aliphatic heterocycles. The second-order valence-corrected chi connectivity index (χ2v) is 15.1. The van der Waals surface area contributed by atoms with Crippen molar-refractivity contribution in [2.75, 3.05) is 17.4 Å². The standard InChI is InChI=1S/C25H26ClN5O8P2/c26-25-29-22(28-15-6-5-14-9-13-3-1-2-4-16(13)17(14)10-15)19-23(30-25)31(11-27-19)24-21(33)20(32)18(39-24)7-8-40(34,35)12-41(36,37)38/h1-6,10-11,18,20-21,24,32-33H,7-9,12H2,(H,34,35)(H,28,29,30)(H2,36,37,38)/t18-,20?,21+,24-/m1/s1. The molecule has 216 valence electrons. The molecule has 1 aliphatic carbocycles. The van der Waals surface area contributed by atoms with Crippen molar-refractivity contribution in [1.29, 1.82) is 0 Å². The fourth-order valence-electron chi connectivity index (χ4n) is 5.39. The first kappa shape index (κ1) is 28.4. The molecule has 16 heteroatoms. The Bertz CT molecular complexity index is 1750. The van der Waals surface area contributed by atoms with Crippen molar-refractivity contribution in [3.63, 3.8) is 0 Å². The molecule has 0 bridgehead atoms. The summed E-state index contributed by atoms with van der Waals surface area (Å²) < 4.78 is 30.6. The monoisotopic (exact) mass is 621 g/mol. The van der Waals surface area contributed by atoms with Gasteiger partial charge >= 0.3 is 7.60 Å². The van der Waals surface area contributed by atoms with Gasteiger partial charge in [0.15, 0.2) is 23.2 Å². The lowest BCUT2D eigenvalue weighted by Gasteiger charge is -2.18. The summed E-state index contributed by atoms with van der Waals surface area (Å²) >= 11 is 6.25. The number of anilines is 2. The minimum Gasteiger partial charge on any atom is -0.388 e. The first-order chi connectivity index (χ1) is 19.4. The van der Waals surface area contributed by atoms with Crippen LogP contribution < -0.4 is 5.32 Å². The number of hydrogen-bond donors (Lipinski definition) is 6. The van der Waals surface area contributed by atoms with E-state index in [1.807, 2.05) is 30.3 Å². The van der Waals surface area contributed by atoms with Gasteiger partial charge in [-0.1, -0.05) is 30.3 Å². The van der Waals surface area contributed by atoms with Gasteiger partial charge in [-0.15, -0.1) is 0 Å².